The summed E-state index contributed by atoms with van der Waals surface area (Å²) in [6.45, 7) is 0.176. The third kappa shape index (κ3) is 6.90. The van der Waals surface area contributed by atoms with Crippen LogP contribution in [-0.2, 0) is 37.8 Å². The van der Waals surface area contributed by atoms with Crippen LogP contribution in [0.25, 0.3) is 0 Å². The second-order valence-corrected chi connectivity index (χ2v) is 8.14. The third-order valence-corrected chi connectivity index (χ3v) is 5.62. The van der Waals surface area contributed by atoms with Gasteiger partial charge in [0.1, 0.15) is 0 Å². The standard InChI is InChI=1S/C22H22NO6P/c24-23(25)22-13-7-12-19(16-22)14-15-27-30(26,28-17-20-8-3-1-4-9-20)29-18-21-10-5-2-6-11-21/h1-13,16H,14-15,17-18H2. The van der Waals surface area contributed by atoms with Crippen LogP contribution >= 0.6 is 7.82 Å². The van der Waals surface area contributed by atoms with Gasteiger partial charge in [-0.05, 0) is 23.1 Å². The number of nitro groups is 1. The largest absolute Gasteiger partial charge is 0.475 e. The maximum atomic E-state index is 13.2. The minimum Gasteiger partial charge on any atom is -0.287 e. The molecule has 0 bridgehead atoms. The van der Waals surface area contributed by atoms with Gasteiger partial charge >= 0.3 is 7.82 Å². The van der Waals surface area contributed by atoms with E-state index in [2.05, 4.69) is 0 Å². The summed E-state index contributed by atoms with van der Waals surface area (Å²) < 4.78 is 29.7. The lowest BCUT2D eigenvalue weighted by Gasteiger charge is -2.18. The van der Waals surface area contributed by atoms with Gasteiger partial charge in [-0.25, -0.2) is 4.57 Å². The predicted octanol–water partition coefficient (Wildman–Crippen LogP) is 5.70. The Hall–Kier alpha value is -2.83. The van der Waals surface area contributed by atoms with Gasteiger partial charge in [0.05, 0.1) is 24.7 Å². The zero-order valence-electron chi connectivity index (χ0n) is 16.3. The lowest BCUT2D eigenvalue weighted by molar-refractivity contribution is -0.384. The second kappa shape index (κ2) is 10.8. The molecule has 3 rings (SSSR count). The average Bonchev–Trinajstić information content (AvgIpc) is 2.78. The van der Waals surface area contributed by atoms with Gasteiger partial charge in [0.2, 0.25) is 0 Å². The number of phosphoric acid groups is 1. The third-order valence-electron chi connectivity index (χ3n) is 4.23. The van der Waals surface area contributed by atoms with Crippen molar-refractivity contribution in [1.29, 1.82) is 0 Å². The van der Waals surface area contributed by atoms with Crippen molar-refractivity contribution in [3.8, 4) is 0 Å². The van der Waals surface area contributed by atoms with Crippen molar-refractivity contribution in [2.75, 3.05) is 6.61 Å². The SMILES string of the molecule is O=[N+]([O-])c1cccc(CCOP(=O)(OCc2ccccc2)OCc2ccccc2)c1. The Kier molecular flexibility index (Phi) is 7.88. The molecular weight excluding hydrogens is 405 g/mol. The molecule has 8 heteroatoms. The highest BCUT2D eigenvalue weighted by molar-refractivity contribution is 7.48. The van der Waals surface area contributed by atoms with Crippen LogP contribution in [0.4, 0.5) is 5.69 Å². The molecule has 0 atom stereocenters. The first-order valence-corrected chi connectivity index (χ1v) is 10.8. The van der Waals surface area contributed by atoms with E-state index in [1.165, 1.54) is 12.1 Å². The highest BCUT2D eigenvalue weighted by atomic mass is 31.2. The molecule has 0 N–H and O–H groups in total. The molecule has 0 aliphatic carbocycles. The summed E-state index contributed by atoms with van der Waals surface area (Å²) >= 11 is 0. The smallest absolute Gasteiger partial charge is 0.287 e. The van der Waals surface area contributed by atoms with Crippen LogP contribution < -0.4 is 0 Å². The van der Waals surface area contributed by atoms with Crippen LogP contribution in [0.2, 0.25) is 0 Å². The molecule has 30 heavy (non-hydrogen) atoms. The fourth-order valence-electron chi connectivity index (χ4n) is 2.67. The fourth-order valence-corrected chi connectivity index (χ4v) is 3.82. The van der Waals surface area contributed by atoms with E-state index in [0.29, 0.717) is 12.0 Å². The van der Waals surface area contributed by atoms with Gasteiger partial charge < -0.3 is 0 Å². The lowest BCUT2D eigenvalue weighted by atomic mass is 10.1. The van der Waals surface area contributed by atoms with E-state index >= 15 is 0 Å². The molecular formula is C22H22NO6P. The minimum absolute atomic E-state index is 0.00339. The van der Waals surface area contributed by atoms with Crippen LogP contribution in [0.3, 0.4) is 0 Å². The monoisotopic (exact) mass is 427 g/mol. The number of non-ortho nitro benzene ring substituents is 1. The topological polar surface area (TPSA) is 87.9 Å². The highest BCUT2D eigenvalue weighted by Crippen LogP contribution is 2.51. The summed E-state index contributed by atoms with van der Waals surface area (Å²) in [7, 11) is -3.85. The predicted molar refractivity (Wildman–Crippen MR) is 113 cm³/mol. The lowest BCUT2D eigenvalue weighted by Crippen LogP contribution is -2.04. The molecule has 0 fully saturated rings. The molecule has 7 nitrogen and oxygen atoms in total. The zero-order chi connectivity index (χ0) is 21.2. The molecule has 3 aromatic carbocycles. The summed E-state index contributed by atoms with van der Waals surface area (Å²) in [6, 6.07) is 24.8. The zero-order valence-corrected chi connectivity index (χ0v) is 17.1. The van der Waals surface area contributed by atoms with E-state index in [-0.39, 0.29) is 25.5 Å². The molecule has 0 amide bonds. The van der Waals surface area contributed by atoms with E-state index in [0.717, 1.165) is 11.1 Å². The number of rotatable bonds is 11. The van der Waals surface area contributed by atoms with Crippen molar-refractivity contribution in [3.63, 3.8) is 0 Å². The van der Waals surface area contributed by atoms with Crippen LogP contribution in [0.1, 0.15) is 16.7 Å². The summed E-state index contributed by atoms with van der Waals surface area (Å²) in [5, 5.41) is 10.9. The Labute approximate surface area is 175 Å². The van der Waals surface area contributed by atoms with E-state index in [1.54, 1.807) is 12.1 Å². The number of benzene rings is 3. The van der Waals surface area contributed by atoms with Crippen molar-refractivity contribution in [1.82, 2.24) is 0 Å². The summed E-state index contributed by atoms with van der Waals surface area (Å²) in [5.74, 6) is 0. The van der Waals surface area contributed by atoms with Crippen LogP contribution in [0, 0.1) is 10.1 Å². The maximum absolute atomic E-state index is 13.2. The Balaban J connectivity index is 1.62. The second-order valence-electron chi connectivity index (χ2n) is 6.48. The maximum Gasteiger partial charge on any atom is 0.475 e. The quantitative estimate of drug-likeness (QED) is 0.222. The molecule has 0 aliphatic rings. The Morgan fingerprint density at radius 3 is 1.80 bits per heavy atom. The molecule has 0 saturated heterocycles. The molecule has 0 spiro atoms. The van der Waals surface area contributed by atoms with Crippen LogP contribution in [0.5, 0.6) is 0 Å². The molecule has 156 valence electrons. The van der Waals surface area contributed by atoms with E-state index < -0.39 is 12.7 Å². The average molecular weight is 427 g/mol. The van der Waals surface area contributed by atoms with Gasteiger partial charge in [-0.3, -0.25) is 23.7 Å². The van der Waals surface area contributed by atoms with E-state index in [9.17, 15) is 14.7 Å². The van der Waals surface area contributed by atoms with Gasteiger partial charge in [-0.15, -0.1) is 0 Å². The molecule has 0 unspecified atom stereocenters. The van der Waals surface area contributed by atoms with Crippen LogP contribution in [0.15, 0.2) is 84.9 Å². The number of phosphoric ester groups is 1. The number of hydrogen-bond donors (Lipinski definition) is 0. The van der Waals surface area contributed by atoms with Crippen molar-refractivity contribution in [3.05, 3.63) is 112 Å². The number of nitro benzene ring substituents is 1. The summed E-state index contributed by atoms with van der Waals surface area (Å²) in [4.78, 5) is 10.5. The Bertz CT molecular complexity index is 949. The van der Waals surface area contributed by atoms with Gasteiger partial charge in [-0.2, -0.15) is 0 Å². The summed E-state index contributed by atoms with van der Waals surface area (Å²) in [6.07, 6.45) is 0.328. The molecule has 0 radical (unpaired) electrons. The molecule has 0 aromatic heterocycles. The Morgan fingerprint density at radius 2 is 1.27 bits per heavy atom. The van der Waals surface area contributed by atoms with Gasteiger partial charge in [0, 0.05) is 12.1 Å². The summed E-state index contributed by atoms with van der Waals surface area (Å²) in [5.41, 5.74) is 2.37. The van der Waals surface area contributed by atoms with Crippen LogP contribution in [-0.4, -0.2) is 11.5 Å². The first kappa shape index (κ1) is 21.9. The van der Waals surface area contributed by atoms with E-state index in [4.69, 9.17) is 13.6 Å². The van der Waals surface area contributed by atoms with E-state index in [1.807, 2.05) is 60.7 Å². The fraction of sp³-hybridized carbons (Fsp3) is 0.182. The number of nitrogens with zero attached hydrogens (tertiary/aromatic N) is 1. The Morgan fingerprint density at radius 1 is 0.733 bits per heavy atom. The first-order chi connectivity index (χ1) is 14.5. The molecule has 3 aromatic rings. The van der Waals surface area contributed by atoms with Crippen molar-refractivity contribution < 1.29 is 23.1 Å². The molecule has 0 aliphatic heterocycles. The molecule has 0 saturated carbocycles. The van der Waals surface area contributed by atoms with Crippen molar-refractivity contribution >= 4 is 13.5 Å². The van der Waals surface area contributed by atoms with Gasteiger partial charge in [0.15, 0.2) is 0 Å². The van der Waals surface area contributed by atoms with Crippen molar-refractivity contribution in [2.24, 2.45) is 0 Å². The first-order valence-electron chi connectivity index (χ1n) is 9.39. The van der Waals surface area contributed by atoms with Gasteiger partial charge in [-0.1, -0.05) is 72.8 Å². The highest BCUT2D eigenvalue weighted by Gasteiger charge is 2.27. The number of hydrogen-bond acceptors (Lipinski definition) is 6. The van der Waals surface area contributed by atoms with Crippen molar-refractivity contribution in [2.45, 2.75) is 19.6 Å². The molecule has 0 heterocycles. The normalized spacial score (nSPS) is 11.3. The minimum atomic E-state index is -3.85. The van der Waals surface area contributed by atoms with Gasteiger partial charge in [0.25, 0.3) is 5.69 Å².